The number of aromatic nitrogens is 2. The first kappa shape index (κ1) is 20.8. The minimum atomic E-state index is -4.76. The van der Waals surface area contributed by atoms with E-state index >= 15 is 0 Å². The van der Waals surface area contributed by atoms with Gasteiger partial charge in [-0.05, 0) is 37.3 Å². The number of anilines is 4. The molecular formula is C19H16F3N5O3. The van der Waals surface area contributed by atoms with Gasteiger partial charge in [0.15, 0.2) is 0 Å². The van der Waals surface area contributed by atoms with Gasteiger partial charge in [-0.25, -0.2) is 4.98 Å². The van der Waals surface area contributed by atoms with Gasteiger partial charge in [0.05, 0.1) is 11.5 Å². The lowest BCUT2D eigenvalue weighted by molar-refractivity contribution is -0.383. The van der Waals surface area contributed by atoms with Crippen molar-refractivity contribution in [1.82, 2.24) is 9.97 Å². The van der Waals surface area contributed by atoms with Crippen LogP contribution in [-0.4, -0.2) is 21.5 Å². The summed E-state index contributed by atoms with van der Waals surface area (Å²) >= 11 is 0. The Morgan fingerprint density at radius 1 is 1.10 bits per heavy atom. The van der Waals surface area contributed by atoms with Gasteiger partial charge in [0, 0.05) is 18.0 Å². The maximum atomic E-state index is 13.4. The third kappa shape index (κ3) is 4.93. The second kappa shape index (κ2) is 8.64. The third-order valence-corrected chi connectivity index (χ3v) is 3.87. The summed E-state index contributed by atoms with van der Waals surface area (Å²) in [6, 6.07) is 12.0. The van der Waals surface area contributed by atoms with Crippen LogP contribution < -0.4 is 15.4 Å². The van der Waals surface area contributed by atoms with E-state index in [1.807, 2.05) is 6.92 Å². The zero-order chi connectivity index (χ0) is 21.7. The van der Waals surface area contributed by atoms with Crippen LogP contribution in [0.5, 0.6) is 5.75 Å². The molecule has 2 N–H and O–H groups in total. The van der Waals surface area contributed by atoms with E-state index < -0.39 is 22.5 Å². The predicted molar refractivity (Wildman–Crippen MR) is 104 cm³/mol. The van der Waals surface area contributed by atoms with Gasteiger partial charge in [0.2, 0.25) is 5.95 Å². The molecule has 0 atom stereocenters. The van der Waals surface area contributed by atoms with Crippen LogP contribution in [0.4, 0.5) is 42.0 Å². The fourth-order valence-electron chi connectivity index (χ4n) is 2.54. The lowest BCUT2D eigenvalue weighted by Crippen LogP contribution is -2.13. The van der Waals surface area contributed by atoms with Gasteiger partial charge in [0.1, 0.15) is 22.8 Å². The lowest BCUT2D eigenvalue weighted by Gasteiger charge is -2.15. The molecule has 0 bridgehead atoms. The number of nitrogens with one attached hydrogen (secondary N) is 2. The molecule has 1 aromatic heterocycles. The van der Waals surface area contributed by atoms with E-state index in [1.165, 1.54) is 24.3 Å². The maximum Gasteiger partial charge on any atom is 0.421 e. The number of para-hydroxylation sites is 2. The molecule has 0 fully saturated rings. The molecule has 0 unspecified atom stereocenters. The van der Waals surface area contributed by atoms with Crippen molar-refractivity contribution in [2.45, 2.75) is 13.1 Å². The summed E-state index contributed by atoms with van der Waals surface area (Å²) in [6.07, 6.45) is -4.15. The molecule has 0 saturated carbocycles. The number of nitrogens with zero attached hydrogens (tertiary/aromatic N) is 3. The first-order valence-electron chi connectivity index (χ1n) is 8.72. The Balaban J connectivity index is 1.94. The SMILES string of the molecule is CCOc1ccc(Nc2ncc(C(F)(F)F)c(Nc3ccccc3[N+](=O)[O-])n2)cc1. The van der Waals surface area contributed by atoms with Crippen molar-refractivity contribution >= 4 is 28.8 Å². The highest BCUT2D eigenvalue weighted by Crippen LogP contribution is 2.37. The molecule has 0 radical (unpaired) electrons. The molecule has 0 saturated heterocycles. The van der Waals surface area contributed by atoms with Crippen molar-refractivity contribution in [2.75, 3.05) is 17.2 Å². The Morgan fingerprint density at radius 2 is 1.80 bits per heavy atom. The van der Waals surface area contributed by atoms with Crippen LogP contribution in [0.1, 0.15) is 12.5 Å². The quantitative estimate of drug-likeness (QED) is 0.396. The Kier molecular flexibility index (Phi) is 6.00. The number of hydrogen-bond donors (Lipinski definition) is 2. The fraction of sp³-hybridized carbons (Fsp3) is 0.158. The van der Waals surface area contributed by atoms with E-state index in [0.29, 0.717) is 24.2 Å². The average Bonchev–Trinajstić information content (AvgIpc) is 2.69. The minimum Gasteiger partial charge on any atom is -0.494 e. The molecule has 0 amide bonds. The molecule has 2 aromatic carbocycles. The van der Waals surface area contributed by atoms with Gasteiger partial charge < -0.3 is 15.4 Å². The number of ether oxygens (including phenoxy) is 1. The summed E-state index contributed by atoms with van der Waals surface area (Å²) in [7, 11) is 0. The van der Waals surface area contributed by atoms with E-state index in [9.17, 15) is 23.3 Å². The largest absolute Gasteiger partial charge is 0.494 e. The van der Waals surface area contributed by atoms with Gasteiger partial charge >= 0.3 is 6.18 Å². The zero-order valence-corrected chi connectivity index (χ0v) is 15.6. The smallest absolute Gasteiger partial charge is 0.421 e. The van der Waals surface area contributed by atoms with Crippen molar-refractivity contribution in [3.05, 3.63) is 70.4 Å². The van der Waals surface area contributed by atoms with Crippen molar-refractivity contribution < 1.29 is 22.8 Å². The average molecular weight is 419 g/mol. The van der Waals surface area contributed by atoms with Crippen LogP contribution in [-0.2, 0) is 6.18 Å². The lowest BCUT2D eigenvalue weighted by atomic mass is 10.2. The fourth-order valence-corrected chi connectivity index (χ4v) is 2.54. The summed E-state index contributed by atoms with van der Waals surface area (Å²) < 4.78 is 45.5. The molecule has 1 heterocycles. The summed E-state index contributed by atoms with van der Waals surface area (Å²) in [6.45, 7) is 2.34. The van der Waals surface area contributed by atoms with E-state index in [0.717, 1.165) is 0 Å². The first-order chi connectivity index (χ1) is 14.3. The highest BCUT2D eigenvalue weighted by atomic mass is 19.4. The van der Waals surface area contributed by atoms with Crippen LogP contribution in [0.3, 0.4) is 0 Å². The maximum absolute atomic E-state index is 13.4. The Hall–Kier alpha value is -3.89. The third-order valence-electron chi connectivity index (χ3n) is 3.87. The molecule has 30 heavy (non-hydrogen) atoms. The zero-order valence-electron chi connectivity index (χ0n) is 15.6. The number of hydrogen-bond acceptors (Lipinski definition) is 7. The van der Waals surface area contributed by atoms with Gasteiger partial charge in [0.25, 0.3) is 5.69 Å². The summed E-state index contributed by atoms with van der Waals surface area (Å²) in [4.78, 5) is 18.1. The van der Waals surface area contributed by atoms with E-state index in [4.69, 9.17) is 4.74 Å². The number of rotatable bonds is 7. The van der Waals surface area contributed by atoms with Gasteiger partial charge in [-0.15, -0.1) is 0 Å². The second-order valence-corrected chi connectivity index (χ2v) is 5.94. The molecule has 0 aliphatic heterocycles. The molecule has 0 spiro atoms. The van der Waals surface area contributed by atoms with Crippen molar-refractivity contribution in [1.29, 1.82) is 0 Å². The highest BCUT2D eigenvalue weighted by molar-refractivity contribution is 5.70. The number of nitro groups is 1. The number of nitro benzene ring substituents is 1. The van der Waals surface area contributed by atoms with Crippen LogP contribution in [0.15, 0.2) is 54.7 Å². The van der Waals surface area contributed by atoms with Gasteiger partial charge in [-0.3, -0.25) is 10.1 Å². The summed E-state index contributed by atoms with van der Waals surface area (Å²) in [5.74, 6) is -0.0939. The molecule has 8 nitrogen and oxygen atoms in total. The molecule has 0 aliphatic rings. The van der Waals surface area contributed by atoms with E-state index in [2.05, 4.69) is 20.6 Å². The molecular weight excluding hydrogens is 403 g/mol. The van der Waals surface area contributed by atoms with Crippen molar-refractivity contribution in [2.24, 2.45) is 0 Å². The van der Waals surface area contributed by atoms with Crippen LogP contribution in [0, 0.1) is 10.1 Å². The standard InChI is InChI=1S/C19H16F3N5O3/c1-2-30-13-9-7-12(8-10-13)24-18-23-11-14(19(20,21)22)17(26-18)25-15-5-3-4-6-16(15)27(28)29/h3-11H,2H2,1H3,(H2,23,24,25,26). The minimum absolute atomic E-state index is 0.117. The monoisotopic (exact) mass is 419 g/mol. The molecule has 0 aliphatic carbocycles. The van der Waals surface area contributed by atoms with Crippen LogP contribution in [0.2, 0.25) is 0 Å². The Morgan fingerprint density at radius 3 is 2.43 bits per heavy atom. The van der Waals surface area contributed by atoms with Gasteiger partial charge in [-0.1, -0.05) is 12.1 Å². The molecule has 11 heteroatoms. The van der Waals surface area contributed by atoms with Crippen molar-refractivity contribution in [3.8, 4) is 5.75 Å². The summed E-state index contributed by atoms with van der Waals surface area (Å²) in [5.41, 5.74) is -1.14. The van der Waals surface area contributed by atoms with Crippen molar-refractivity contribution in [3.63, 3.8) is 0 Å². The number of halogens is 3. The van der Waals surface area contributed by atoms with E-state index in [-0.39, 0.29) is 17.3 Å². The Labute approximate surface area is 168 Å². The van der Waals surface area contributed by atoms with Gasteiger partial charge in [-0.2, -0.15) is 18.2 Å². The normalized spacial score (nSPS) is 11.1. The molecule has 156 valence electrons. The summed E-state index contributed by atoms with van der Waals surface area (Å²) in [5, 5.41) is 16.4. The predicted octanol–water partition coefficient (Wildman–Crippen LogP) is 5.29. The van der Waals surface area contributed by atoms with Crippen LogP contribution >= 0.6 is 0 Å². The topological polar surface area (TPSA) is 102 Å². The number of alkyl halides is 3. The first-order valence-corrected chi connectivity index (χ1v) is 8.72. The molecule has 3 rings (SSSR count). The van der Waals surface area contributed by atoms with E-state index in [1.54, 1.807) is 24.3 Å². The van der Waals surface area contributed by atoms with Crippen LogP contribution in [0.25, 0.3) is 0 Å². The molecule has 3 aromatic rings. The number of benzene rings is 2. The second-order valence-electron chi connectivity index (χ2n) is 5.94. The Bertz CT molecular complexity index is 1040. The highest BCUT2D eigenvalue weighted by Gasteiger charge is 2.35.